The first-order chi connectivity index (χ1) is 23.7. The summed E-state index contributed by atoms with van der Waals surface area (Å²) in [5.74, 6) is 0. The second-order valence-electron chi connectivity index (χ2n) is 11.9. The van der Waals surface area contributed by atoms with Gasteiger partial charge in [0.15, 0.2) is 8.07 Å². The fourth-order valence-corrected chi connectivity index (χ4v) is 12.2. The molecule has 0 amide bonds. The number of para-hydroxylation sites is 2. The van der Waals surface area contributed by atoms with Crippen molar-refractivity contribution in [3.63, 3.8) is 0 Å². The molecule has 0 aliphatic heterocycles. The summed E-state index contributed by atoms with van der Waals surface area (Å²) in [6, 6.07) is 66.0. The number of hydrogen-bond donors (Lipinski definition) is 0. The molecule has 8 rings (SSSR count). The van der Waals surface area contributed by atoms with Gasteiger partial charge in [0.05, 0.1) is 33.9 Å². The standard InChI is InChI=1S/C44H29N3Si/c45-30-34-25-24-33(29-43(34)47-41-22-12-10-20-39(41)40-21-11-13-23-42(40)47)32-26-27-44(35(28-32)31-46)48(36-14-4-1-5-15-36,37-16-6-2-7-17-37)38-18-8-3-9-19-38/h1-29H. The molecular formula is C44H29N3Si. The molecule has 0 aliphatic carbocycles. The van der Waals surface area contributed by atoms with E-state index in [0.717, 1.165) is 43.8 Å². The molecule has 0 unspecified atom stereocenters. The van der Waals surface area contributed by atoms with Crippen LogP contribution in [0.15, 0.2) is 176 Å². The van der Waals surface area contributed by atoms with E-state index in [9.17, 15) is 10.5 Å². The van der Waals surface area contributed by atoms with Crippen LogP contribution >= 0.6 is 0 Å². The molecule has 7 aromatic carbocycles. The van der Waals surface area contributed by atoms with Crippen molar-refractivity contribution in [1.29, 1.82) is 10.5 Å². The lowest BCUT2D eigenvalue weighted by atomic mass is 10.0. The van der Waals surface area contributed by atoms with E-state index in [0.29, 0.717) is 11.1 Å². The maximum atomic E-state index is 10.8. The molecule has 0 fully saturated rings. The van der Waals surface area contributed by atoms with Crippen molar-refractivity contribution in [2.45, 2.75) is 0 Å². The zero-order valence-corrected chi connectivity index (χ0v) is 27.1. The van der Waals surface area contributed by atoms with Crippen LogP contribution < -0.4 is 20.7 Å². The molecule has 0 saturated heterocycles. The lowest BCUT2D eigenvalue weighted by Crippen LogP contribution is -2.75. The minimum atomic E-state index is -2.89. The summed E-state index contributed by atoms with van der Waals surface area (Å²) in [6.45, 7) is 0. The molecule has 1 aromatic heterocycles. The van der Waals surface area contributed by atoms with Gasteiger partial charge in [-0.15, -0.1) is 0 Å². The van der Waals surface area contributed by atoms with Gasteiger partial charge in [0.1, 0.15) is 6.07 Å². The minimum Gasteiger partial charge on any atom is -0.308 e. The lowest BCUT2D eigenvalue weighted by molar-refractivity contribution is 1.17. The first kappa shape index (κ1) is 29.0. The second kappa shape index (κ2) is 12.0. The average Bonchev–Trinajstić information content (AvgIpc) is 3.50. The van der Waals surface area contributed by atoms with Gasteiger partial charge in [0.25, 0.3) is 0 Å². The Balaban J connectivity index is 1.36. The average molecular weight is 628 g/mol. The maximum Gasteiger partial charge on any atom is 0.180 e. The third-order valence-electron chi connectivity index (χ3n) is 9.44. The summed E-state index contributed by atoms with van der Waals surface area (Å²) in [7, 11) is -2.89. The van der Waals surface area contributed by atoms with Crippen LogP contribution in [0.4, 0.5) is 0 Å². The van der Waals surface area contributed by atoms with E-state index >= 15 is 0 Å². The summed E-state index contributed by atoms with van der Waals surface area (Å²) >= 11 is 0. The predicted molar refractivity (Wildman–Crippen MR) is 199 cm³/mol. The highest BCUT2D eigenvalue weighted by atomic mass is 28.3. The van der Waals surface area contributed by atoms with Gasteiger partial charge in [0, 0.05) is 10.8 Å². The number of nitriles is 2. The number of aromatic nitrogens is 1. The van der Waals surface area contributed by atoms with Crippen molar-refractivity contribution >= 4 is 50.6 Å². The van der Waals surface area contributed by atoms with Gasteiger partial charge >= 0.3 is 0 Å². The van der Waals surface area contributed by atoms with E-state index in [1.807, 2.05) is 48.5 Å². The topological polar surface area (TPSA) is 52.5 Å². The predicted octanol–water partition coefficient (Wildman–Crippen LogP) is 7.57. The van der Waals surface area contributed by atoms with Gasteiger partial charge in [-0.05, 0) is 62.2 Å². The zero-order valence-electron chi connectivity index (χ0n) is 26.1. The lowest BCUT2D eigenvalue weighted by Gasteiger charge is -2.35. The van der Waals surface area contributed by atoms with E-state index in [1.54, 1.807) is 0 Å². The largest absolute Gasteiger partial charge is 0.308 e. The van der Waals surface area contributed by atoms with Gasteiger partial charge in [-0.3, -0.25) is 0 Å². The van der Waals surface area contributed by atoms with Gasteiger partial charge < -0.3 is 4.57 Å². The highest BCUT2D eigenvalue weighted by molar-refractivity contribution is 7.20. The highest BCUT2D eigenvalue weighted by Gasteiger charge is 2.43. The van der Waals surface area contributed by atoms with Crippen LogP contribution in [0.1, 0.15) is 11.1 Å². The normalized spacial score (nSPS) is 11.3. The quantitative estimate of drug-likeness (QED) is 0.141. The molecule has 0 saturated carbocycles. The Kier molecular flexibility index (Phi) is 7.27. The van der Waals surface area contributed by atoms with E-state index in [2.05, 4.69) is 144 Å². The van der Waals surface area contributed by atoms with Crippen LogP contribution in [0.5, 0.6) is 0 Å². The Morgan fingerprint density at radius 1 is 0.417 bits per heavy atom. The smallest absolute Gasteiger partial charge is 0.180 e. The van der Waals surface area contributed by atoms with Gasteiger partial charge in [0.2, 0.25) is 0 Å². The Morgan fingerprint density at radius 2 is 0.854 bits per heavy atom. The first-order valence-corrected chi connectivity index (χ1v) is 18.0. The third kappa shape index (κ3) is 4.55. The second-order valence-corrected chi connectivity index (χ2v) is 15.7. The number of rotatable bonds is 6. The summed E-state index contributed by atoms with van der Waals surface area (Å²) in [5, 5.41) is 28.1. The van der Waals surface area contributed by atoms with E-state index in [4.69, 9.17) is 0 Å². The molecule has 0 spiro atoms. The monoisotopic (exact) mass is 627 g/mol. The van der Waals surface area contributed by atoms with Crippen molar-refractivity contribution in [2.75, 3.05) is 0 Å². The molecule has 0 atom stereocenters. The number of fused-ring (bicyclic) bond motifs is 3. The van der Waals surface area contributed by atoms with E-state index in [-0.39, 0.29) is 0 Å². The third-order valence-corrected chi connectivity index (χ3v) is 14.3. The summed E-state index contributed by atoms with van der Waals surface area (Å²) in [6.07, 6.45) is 0. The molecule has 8 aromatic rings. The first-order valence-electron chi connectivity index (χ1n) is 16.0. The molecule has 0 aliphatic rings. The summed E-state index contributed by atoms with van der Waals surface area (Å²) in [5.41, 5.74) is 6.02. The molecule has 3 nitrogen and oxygen atoms in total. The fourth-order valence-electron chi connectivity index (χ4n) is 7.35. The SMILES string of the molecule is N#Cc1ccc(-c2ccc([Si](c3ccccc3)(c3ccccc3)c3ccccc3)c(C#N)c2)cc1-n1c2ccccc2c2ccccc21. The summed E-state index contributed by atoms with van der Waals surface area (Å²) < 4.78 is 2.18. The van der Waals surface area contributed by atoms with Crippen molar-refractivity contribution < 1.29 is 0 Å². The van der Waals surface area contributed by atoms with E-state index < -0.39 is 8.07 Å². The van der Waals surface area contributed by atoms with E-state index in [1.165, 1.54) is 15.6 Å². The van der Waals surface area contributed by atoms with Crippen molar-refractivity contribution in [2.24, 2.45) is 0 Å². The van der Waals surface area contributed by atoms with Crippen LogP contribution in [-0.2, 0) is 0 Å². The van der Waals surface area contributed by atoms with Crippen LogP contribution in [-0.4, -0.2) is 12.6 Å². The van der Waals surface area contributed by atoms with Crippen molar-refractivity contribution in [3.05, 3.63) is 187 Å². The molecule has 0 radical (unpaired) electrons. The molecule has 0 bridgehead atoms. The maximum absolute atomic E-state index is 10.8. The Morgan fingerprint density at radius 3 is 1.35 bits per heavy atom. The van der Waals surface area contributed by atoms with Gasteiger partial charge in [-0.1, -0.05) is 146 Å². The van der Waals surface area contributed by atoms with Crippen molar-refractivity contribution in [3.8, 4) is 29.0 Å². The summed E-state index contributed by atoms with van der Waals surface area (Å²) in [4.78, 5) is 0. The fraction of sp³-hybridized carbons (Fsp3) is 0. The highest BCUT2D eigenvalue weighted by Crippen LogP contribution is 2.34. The zero-order chi connectivity index (χ0) is 32.5. The van der Waals surface area contributed by atoms with Crippen LogP contribution in [0.3, 0.4) is 0 Å². The van der Waals surface area contributed by atoms with Gasteiger partial charge in [-0.25, -0.2) is 0 Å². The molecule has 1 heterocycles. The Labute approximate surface area is 280 Å². The molecular weight excluding hydrogens is 599 g/mol. The molecule has 48 heavy (non-hydrogen) atoms. The number of nitrogens with zero attached hydrogens (tertiary/aromatic N) is 3. The number of hydrogen-bond acceptors (Lipinski definition) is 2. The van der Waals surface area contributed by atoms with Gasteiger partial charge in [-0.2, -0.15) is 10.5 Å². The Bertz CT molecular complexity index is 2370. The molecule has 4 heteroatoms. The minimum absolute atomic E-state index is 0.589. The van der Waals surface area contributed by atoms with Crippen LogP contribution in [0, 0.1) is 22.7 Å². The molecule has 224 valence electrons. The van der Waals surface area contributed by atoms with Crippen molar-refractivity contribution in [1.82, 2.24) is 4.57 Å². The Hall–Kier alpha value is -6.46. The number of benzene rings is 7. The van der Waals surface area contributed by atoms with Crippen LogP contribution in [0.2, 0.25) is 0 Å². The van der Waals surface area contributed by atoms with Crippen LogP contribution in [0.25, 0.3) is 38.6 Å². The molecule has 0 N–H and O–H groups in total.